The first-order valence-corrected chi connectivity index (χ1v) is 10.8. The number of benzene rings is 2. The summed E-state index contributed by atoms with van der Waals surface area (Å²) in [6, 6.07) is 16.4. The number of aliphatic hydroxyl groups is 1. The standard InChI is InChI=1S/C25H30N2O3/c1-19-18-23(26-25-20(10-14-28)6-4-8-21(19)25)22-7-2-3-9-24(22)30-15-5-11-27-12-16-29-17-13-27/h2-4,6-9,18,28H,5,10-17H2,1H3. The summed E-state index contributed by atoms with van der Waals surface area (Å²) in [7, 11) is 0. The van der Waals surface area contributed by atoms with E-state index in [-0.39, 0.29) is 6.61 Å². The maximum Gasteiger partial charge on any atom is 0.128 e. The summed E-state index contributed by atoms with van der Waals surface area (Å²) >= 11 is 0. The van der Waals surface area contributed by atoms with Crippen molar-refractivity contribution in [3.8, 4) is 17.0 Å². The summed E-state index contributed by atoms with van der Waals surface area (Å²) in [5, 5.41) is 10.6. The molecule has 30 heavy (non-hydrogen) atoms. The van der Waals surface area contributed by atoms with Crippen LogP contribution in [-0.2, 0) is 11.2 Å². The van der Waals surface area contributed by atoms with E-state index in [9.17, 15) is 5.11 Å². The lowest BCUT2D eigenvalue weighted by Crippen LogP contribution is -2.37. The van der Waals surface area contributed by atoms with Crippen molar-refractivity contribution in [2.75, 3.05) is 46.1 Å². The molecule has 0 aliphatic carbocycles. The van der Waals surface area contributed by atoms with Crippen LogP contribution >= 0.6 is 0 Å². The summed E-state index contributed by atoms with van der Waals surface area (Å²) < 4.78 is 11.6. The van der Waals surface area contributed by atoms with Crippen molar-refractivity contribution in [2.45, 2.75) is 19.8 Å². The third kappa shape index (κ3) is 4.81. The molecule has 1 fully saturated rings. The average molecular weight is 407 g/mol. The molecule has 1 N–H and O–H groups in total. The van der Waals surface area contributed by atoms with Crippen LogP contribution in [-0.4, -0.2) is 61.1 Å². The number of ether oxygens (including phenoxy) is 2. The Morgan fingerprint density at radius 2 is 1.93 bits per heavy atom. The predicted molar refractivity (Wildman–Crippen MR) is 120 cm³/mol. The number of aliphatic hydroxyl groups excluding tert-OH is 1. The molecule has 0 radical (unpaired) electrons. The third-order valence-corrected chi connectivity index (χ3v) is 5.65. The van der Waals surface area contributed by atoms with E-state index in [1.165, 1.54) is 5.56 Å². The van der Waals surface area contributed by atoms with Crippen molar-refractivity contribution in [3.05, 3.63) is 59.7 Å². The molecule has 0 bridgehead atoms. The van der Waals surface area contributed by atoms with Crippen LogP contribution < -0.4 is 4.74 Å². The molecule has 4 rings (SSSR count). The van der Waals surface area contributed by atoms with Gasteiger partial charge in [-0.25, -0.2) is 4.98 Å². The second kappa shape index (κ2) is 10.0. The minimum Gasteiger partial charge on any atom is -0.493 e. The number of nitrogens with zero attached hydrogens (tertiary/aromatic N) is 2. The molecule has 0 saturated carbocycles. The number of aromatic nitrogens is 1. The van der Waals surface area contributed by atoms with Gasteiger partial charge in [0.15, 0.2) is 0 Å². The number of rotatable bonds is 8. The molecular weight excluding hydrogens is 376 g/mol. The maximum atomic E-state index is 9.44. The van der Waals surface area contributed by atoms with Gasteiger partial charge in [-0.1, -0.05) is 30.3 Å². The zero-order valence-electron chi connectivity index (χ0n) is 17.6. The van der Waals surface area contributed by atoms with Gasteiger partial charge in [0.1, 0.15) is 5.75 Å². The molecule has 0 amide bonds. The van der Waals surface area contributed by atoms with Crippen LogP contribution in [0.5, 0.6) is 5.75 Å². The van der Waals surface area contributed by atoms with E-state index in [2.05, 4.69) is 30.0 Å². The topological polar surface area (TPSA) is 54.8 Å². The van der Waals surface area contributed by atoms with E-state index < -0.39 is 0 Å². The Bertz CT molecular complexity index is 983. The molecule has 158 valence electrons. The van der Waals surface area contributed by atoms with Crippen molar-refractivity contribution in [2.24, 2.45) is 0 Å². The minimum absolute atomic E-state index is 0.118. The number of aryl methyl sites for hydroxylation is 1. The summed E-state index contributed by atoms with van der Waals surface area (Å²) in [4.78, 5) is 7.40. The van der Waals surface area contributed by atoms with Crippen LogP contribution in [0.4, 0.5) is 0 Å². The summed E-state index contributed by atoms with van der Waals surface area (Å²) in [6.07, 6.45) is 1.59. The summed E-state index contributed by atoms with van der Waals surface area (Å²) in [6.45, 7) is 7.61. The number of morpholine rings is 1. The van der Waals surface area contributed by atoms with E-state index in [0.29, 0.717) is 13.0 Å². The van der Waals surface area contributed by atoms with Crippen LogP contribution in [0.25, 0.3) is 22.2 Å². The fraction of sp³-hybridized carbons (Fsp3) is 0.400. The Morgan fingerprint density at radius 1 is 1.10 bits per heavy atom. The van der Waals surface area contributed by atoms with Gasteiger partial charge in [0.05, 0.1) is 31.0 Å². The minimum atomic E-state index is 0.118. The molecule has 0 unspecified atom stereocenters. The van der Waals surface area contributed by atoms with Crippen LogP contribution in [0.2, 0.25) is 0 Å². The van der Waals surface area contributed by atoms with Crippen molar-refractivity contribution in [1.29, 1.82) is 0 Å². The number of hydrogen-bond acceptors (Lipinski definition) is 5. The maximum absolute atomic E-state index is 9.44. The Morgan fingerprint density at radius 3 is 2.77 bits per heavy atom. The van der Waals surface area contributed by atoms with Crippen molar-refractivity contribution < 1.29 is 14.6 Å². The molecular formula is C25H30N2O3. The summed E-state index contributed by atoms with van der Waals surface area (Å²) in [5.41, 5.74) is 5.13. The lowest BCUT2D eigenvalue weighted by atomic mass is 10.0. The SMILES string of the molecule is Cc1cc(-c2ccccc2OCCCN2CCOCC2)nc2c(CCO)cccc12. The van der Waals surface area contributed by atoms with E-state index in [1.807, 2.05) is 30.3 Å². The molecule has 0 atom stereocenters. The molecule has 1 aliphatic rings. The van der Waals surface area contributed by atoms with Crippen LogP contribution in [0.3, 0.4) is 0 Å². The van der Waals surface area contributed by atoms with Gasteiger partial charge in [-0.05, 0) is 49.1 Å². The highest BCUT2D eigenvalue weighted by Crippen LogP contribution is 2.32. The third-order valence-electron chi connectivity index (χ3n) is 5.65. The fourth-order valence-corrected chi connectivity index (χ4v) is 4.04. The van der Waals surface area contributed by atoms with Gasteiger partial charge >= 0.3 is 0 Å². The average Bonchev–Trinajstić information content (AvgIpc) is 2.78. The molecule has 5 heteroatoms. The Balaban J connectivity index is 1.54. The zero-order valence-corrected chi connectivity index (χ0v) is 17.6. The Kier molecular flexibility index (Phi) is 6.95. The van der Waals surface area contributed by atoms with E-state index in [1.54, 1.807) is 0 Å². The zero-order chi connectivity index (χ0) is 20.8. The van der Waals surface area contributed by atoms with Crippen molar-refractivity contribution >= 4 is 10.9 Å². The second-order valence-electron chi connectivity index (χ2n) is 7.76. The number of hydrogen-bond donors (Lipinski definition) is 1. The van der Waals surface area contributed by atoms with Gasteiger partial charge in [0.2, 0.25) is 0 Å². The van der Waals surface area contributed by atoms with Crippen LogP contribution in [0.15, 0.2) is 48.5 Å². The monoisotopic (exact) mass is 406 g/mol. The lowest BCUT2D eigenvalue weighted by Gasteiger charge is -2.26. The van der Waals surface area contributed by atoms with Gasteiger partial charge in [-0.15, -0.1) is 0 Å². The highest BCUT2D eigenvalue weighted by molar-refractivity contribution is 5.88. The van der Waals surface area contributed by atoms with E-state index >= 15 is 0 Å². The van der Waals surface area contributed by atoms with Crippen molar-refractivity contribution in [3.63, 3.8) is 0 Å². The quantitative estimate of drug-likeness (QED) is 0.576. The fourth-order valence-electron chi connectivity index (χ4n) is 4.04. The van der Waals surface area contributed by atoms with E-state index in [4.69, 9.17) is 14.5 Å². The highest BCUT2D eigenvalue weighted by Gasteiger charge is 2.13. The molecule has 2 aromatic carbocycles. The van der Waals surface area contributed by atoms with Crippen LogP contribution in [0, 0.1) is 6.92 Å². The van der Waals surface area contributed by atoms with E-state index in [0.717, 1.165) is 72.7 Å². The Labute approximate surface area is 178 Å². The normalized spacial score (nSPS) is 14.9. The number of para-hydroxylation sites is 2. The van der Waals surface area contributed by atoms with Gasteiger partial charge < -0.3 is 14.6 Å². The first-order valence-electron chi connectivity index (χ1n) is 10.8. The molecule has 0 spiro atoms. The first-order chi connectivity index (χ1) is 14.8. The molecule has 2 heterocycles. The molecule has 1 saturated heterocycles. The van der Waals surface area contributed by atoms with Gasteiger partial charge in [0, 0.05) is 37.2 Å². The second-order valence-corrected chi connectivity index (χ2v) is 7.76. The molecule has 1 aromatic heterocycles. The molecule has 1 aliphatic heterocycles. The molecule has 3 aromatic rings. The van der Waals surface area contributed by atoms with Gasteiger partial charge in [0.25, 0.3) is 0 Å². The highest BCUT2D eigenvalue weighted by atomic mass is 16.5. The van der Waals surface area contributed by atoms with Crippen molar-refractivity contribution in [1.82, 2.24) is 9.88 Å². The lowest BCUT2D eigenvalue weighted by molar-refractivity contribution is 0.0358. The first kappa shape index (κ1) is 20.8. The van der Waals surface area contributed by atoms with Crippen LogP contribution in [0.1, 0.15) is 17.5 Å². The smallest absolute Gasteiger partial charge is 0.128 e. The summed E-state index contributed by atoms with van der Waals surface area (Å²) in [5.74, 6) is 0.866. The molecule has 5 nitrogen and oxygen atoms in total. The van der Waals surface area contributed by atoms with Gasteiger partial charge in [-0.2, -0.15) is 0 Å². The number of fused-ring (bicyclic) bond motifs is 1. The Hall–Kier alpha value is -2.47. The predicted octanol–water partition coefficient (Wildman–Crippen LogP) is 3.85. The number of pyridine rings is 1. The largest absolute Gasteiger partial charge is 0.493 e. The van der Waals surface area contributed by atoms with Gasteiger partial charge in [-0.3, -0.25) is 4.90 Å².